The van der Waals surface area contributed by atoms with Gasteiger partial charge in [0.25, 0.3) is 5.91 Å². The number of aliphatic hydroxyl groups excluding tert-OH is 1. The third kappa shape index (κ3) is 4.47. The first kappa shape index (κ1) is 22.3. The van der Waals surface area contributed by atoms with Crippen molar-refractivity contribution >= 4 is 28.8 Å². The summed E-state index contributed by atoms with van der Waals surface area (Å²) in [6.07, 6.45) is 7.12. The highest BCUT2D eigenvalue weighted by Crippen LogP contribution is 2.36. The molecule has 34 heavy (non-hydrogen) atoms. The van der Waals surface area contributed by atoms with Crippen LogP contribution in [0.3, 0.4) is 0 Å². The molecule has 1 atom stereocenters. The van der Waals surface area contributed by atoms with Crippen LogP contribution in [0.2, 0.25) is 5.02 Å². The van der Waals surface area contributed by atoms with Gasteiger partial charge in [-0.1, -0.05) is 11.6 Å². The van der Waals surface area contributed by atoms with Crippen molar-refractivity contribution in [3.8, 4) is 17.0 Å². The van der Waals surface area contributed by atoms with Crippen molar-refractivity contribution in [1.82, 2.24) is 29.3 Å². The van der Waals surface area contributed by atoms with Gasteiger partial charge in [0.05, 0.1) is 31.6 Å². The van der Waals surface area contributed by atoms with E-state index in [9.17, 15) is 9.90 Å². The molecule has 0 spiro atoms. The zero-order valence-electron chi connectivity index (χ0n) is 18.6. The minimum absolute atomic E-state index is 0.279. The fourth-order valence-electron chi connectivity index (χ4n) is 4.13. The van der Waals surface area contributed by atoms with Gasteiger partial charge in [-0.05, 0) is 30.7 Å². The number of β-amino-alcohol motifs (C(OH)–C–C–N with tert-alkyl or cyclic N) is 1. The molecule has 4 aromatic rings. The molecule has 176 valence electrons. The summed E-state index contributed by atoms with van der Waals surface area (Å²) < 4.78 is 8.85. The number of fused-ring (bicyclic) bond motifs is 1. The van der Waals surface area contributed by atoms with Crippen LogP contribution >= 0.6 is 11.6 Å². The summed E-state index contributed by atoms with van der Waals surface area (Å²) >= 11 is 6.27. The number of carbonyl (C=O) groups excluding carboxylic acids is 1. The molecule has 3 aromatic heterocycles. The largest absolute Gasteiger partial charge is 0.496 e. The number of halogens is 1. The topological polar surface area (TPSA) is 110 Å². The Morgan fingerprint density at radius 1 is 1.35 bits per heavy atom. The molecule has 1 fully saturated rings. The molecule has 10 nitrogen and oxygen atoms in total. The van der Waals surface area contributed by atoms with Crippen LogP contribution < -0.4 is 10.1 Å². The number of methoxy groups -OCH3 is 1. The second-order valence-electron chi connectivity index (χ2n) is 8.14. The van der Waals surface area contributed by atoms with Gasteiger partial charge >= 0.3 is 0 Å². The van der Waals surface area contributed by atoms with Crippen LogP contribution in [-0.2, 0) is 6.54 Å². The Morgan fingerprint density at radius 2 is 2.24 bits per heavy atom. The smallest absolute Gasteiger partial charge is 0.261 e. The maximum atomic E-state index is 13.2. The minimum Gasteiger partial charge on any atom is -0.496 e. The van der Waals surface area contributed by atoms with Crippen LogP contribution in [0.15, 0.2) is 49.1 Å². The minimum atomic E-state index is -0.349. The van der Waals surface area contributed by atoms with Crippen molar-refractivity contribution in [2.24, 2.45) is 0 Å². The summed E-state index contributed by atoms with van der Waals surface area (Å²) in [6, 6.07) is 7.01. The van der Waals surface area contributed by atoms with E-state index in [4.69, 9.17) is 21.4 Å². The third-order valence-electron chi connectivity index (χ3n) is 5.84. The number of aromatic nitrogens is 5. The lowest BCUT2D eigenvalue weighted by Gasteiger charge is -2.14. The van der Waals surface area contributed by atoms with E-state index >= 15 is 0 Å². The fourth-order valence-corrected chi connectivity index (χ4v) is 4.30. The predicted octanol–water partition coefficient (Wildman–Crippen LogP) is 2.57. The van der Waals surface area contributed by atoms with Gasteiger partial charge in [-0.3, -0.25) is 14.4 Å². The molecule has 0 aliphatic carbocycles. The second kappa shape index (κ2) is 9.41. The quantitative estimate of drug-likeness (QED) is 0.417. The van der Waals surface area contributed by atoms with Gasteiger partial charge in [-0.2, -0.15) is 10.2 Å². The molecule has 1 aliphatic heterocycles. The number of anilines is 1. The number of benzene rings is 1. The van der Waals surface area contributed by atoms with E-state index in [2.05, 4.69) is 20.3 Å². The van der Waals surface area contributed by atoms with Crippen LogP contribution in [0.25, 0.3) is 16.9 Å². The zero-order chi connectivity index (χ0) is 23.7. The van der Waals surface area contributed by atoms with Crippen molar-refractivity contribution in [2.75, 3.05) is 32.1 Å². The lowest BCUT2D eigenvalue weighted by Crippen LogP contribution is -2.26. The van der Waals surface area contributed by atoms with Crippen LogP contribution in [-0.4, -0.2) is 73.1 Å². The van der Waals surface area contributed by atoms with Crippen LogP contribution in [0.1, 0.15) is 16.8 Å². The Morgan fingerprint density at radius 3 is 3.03 bits per heavy atom. The van der Waals surface area contributed by atoms with E-state index in [0.29, 0.717) is 52.0 Å². The molecular formula is C23H24ClN7O3. The summed E-state index contributed by atoms with van der Waals surface area (Å²) in [5.74, 6) is 0.239. The molecule has 1 aromatic carbocycles. The number of ether oxygens (including phenoxy) is 1. The molecule has 0 radical (unpaired) electrons. The summed E-state index contributed by atoms with van der Waals surface area (Å²) in [5.41, 5.74) is 2.53. The van der Waals surface area contributed by atoms with E-state index in [0.717, 1.165) is 19.5 Å². The third-order valence-corrected chi connectivity index (χ3v) is 6.08. The zero-order valence-corrected chi connectivity index (χ0v) is 19.3. The lowest BCUT2D eigenvalue weighted by atomic mass is 10.1. The van der Waals surface area contributed by atoms with Crippen LogP contribution in [0.4, 0.5) is 5.69 Å². The van der Waals surface area contributed by atoms with Gasteiger partial charge in [0.1, 0.15) is 17.0 Å². The van der Waals surface area contributed by atoms with Gasteiger partial charge in [0.15, 0.2) is 5.65 Å². The number of likely N-dealkylation sites (tertiary alicyclic amines) is 1. The van der Waals surface area contributed by atoms with Gasteiger partial charge in [-0.15, -0.1) is 0 Å². The average molecular weight is 482 g/mol. The van der Waals surface area contributed by atoms with E-state index in [-0.39, 0.29) is 12.0 Å². The first-order valence-electron chi connectivity index (χ1n) is 10.9. The van der Waals surface area contributed by atoms with Gasteiger partial charge in [0, 0.05) is 48.8 Å². The molecule has 1 unspecified atom stereocenters. The summed E-state index contributed by atoms with van der Waals surface area (Å²) in [5, 5.41) is 22.2. The monoisotopic (exact) mass is 481 g/mol. The predicted molar refractivity (Wildman–Crippen MR) is 127 cm³/mol. The van der Waals surface area contributed by atoms with Crippen molar-refractivity contribution in [3.05, 3.63) is 59.6 Å². The standard InChI is InChI=1S/C23H24ClN7O3/c1-34-20-4-3-15(24)11-17(20)21-19(14-30(28-21)10-9-29-8-5-16(32)13-29)27-23(33)18-12-26-31-7-2-6-25-22(18)31/h2-4,6-7,11-12,14,16,32H,5,8-10,13H2,1H3,(H,27,33). The maximum absolute atomic E-state index is 13.2. The molecule has 0 saturated carbocycles. The molecule has 1 aliphatic rings. The van der Waals surface area contributed by atoms with E-state index in [1.54, 1.807) is 59.2 Å². The highest BCUT2D eigenvalue weighted by Gasteiger charge is 2.22. The second-order valence-corrected chi connectivity index (χ2v) is 8.58. The Labute approximate surface area is 200 Å². The molecule has 0 bridgehead atoms. The number of nitrogens with one attached hydrogen (secondary N) is 1. The SMILES string of the molecule is COc1ccc(Cl)cc1-c1nn(CCN2CCC(O)C2)cc1NC(=O)c1cnn2cccnc12. The number of amides is 1. The fraction of sp³-hybridized carbons (Fsp3) is 0.304. The van der Waals surface area contributed by atoms with Crippen molar-refractivity contribution in [3.63, 3.8) is 0 Å². The van der Waals surface area contributed by atoms with Gasteiger partial charge < -0.3 is 15.2 Å². The van der Waals surface area contributed by atoms with Crippen LogP contribution in [0, 0.1) is 0 Å². The molecule has 1 amide bonds. The van der Waals surface area contributed by atoms with E-state index in [1.165, 1.54) is 6.20 Å². The molecular weight excluding hydrogens is 458 g/mol. The molecule has 11 heteroatoms. The Kier molecular flexibility index (Phi) is 6.18. The molecule has 5 rings (SSSR count). The summed E-state index contributed by atoms with van der Waals surface area (Å²) in [4.78, 5) is 19.6. The van der Waals surface area contributed by atoms with Gasteiger partial charge in [-0.25, -0.2) is 9.50 Å². The highest BCUT2D eigenvalue weighted by atomic mass is 35.5. The Balaban J connectivity index is 1.47. The number of aliphatic hydroxyl groups is 1. The summed E-state index contributed by atoms with van der Waals surface area (Å²) in [7, 11) is 1.57. The molecule has 4 heterocycles. The van der Waals surface area contributed by atoms with Gasteiger partial charge in [0.2, 0.25) is 0 Å². The maximum Gasteiger partial charge on any atom is 0.261 e. The summed E-state index contributed by atoms with van der Waals surface area (Å²) in [6.45, 7) is 2.83. The van der Waals surface area contributed by atoms with Crippen molar-refractivity contribution in [2.45, 2.75) is 19.1 Å². The van der Waals surface area contributed by atoms with Crippen molar-refractivity contribution < 1.29 is 14.6 Å². The lowest BCUT2D eigenvalue weighted by molar-refractivity contribution is 0.102. The van der Waals surface area contributed by atoms with E-state index in [1.807, 2.05) is 0 Å². The normalized spacial score (nSPS) is 16.3. The highest BCUT2D eigenvalue weighted by molar-refractivity contribution is 6.31. The van der Waals surface area contributed by atoms with E-state index < -0.39 is 0 Å². The number of hydrogen-bond acceptors (Lipinski definition) is 7. The number of rotatable bonds is 7. The Hall–Kier alpha value is -3.47. The number of carbonyl (C=O) groups is 1. The Bertz CT molecular complexity index is 1340. The first-order valence-corrected chi connectivity index (χ1v) is 11.3. The molecule has 2 N–H and O–H groups in total. The number of hydrogen-bond donors (Lipinski definition) is 2. The van der Waals surface area contributed by atoms with Crippen molar-refractivity contribution in [1.29, 1.82) is 0 Å². The average Bonchev–Trinajstić information content (AvgIpc) is 3.56. The molecule has 1 saturated heterocycles. The number of nitrogens with zero attached hydrogens (tertiary/aromatic N) is 6. The van der Waals surface area contributed by atoms with Crippen LogP contribution in [0.5, 0.6) is 5.75 Å². The first-order chi connectivity index (χ1) is 16.5.